The molecule has 1 aliphatic heterocycles. The zero-order chi connectivity index (χ0) is 21.5. The second-order valence-corrected chi connectivity index (χ2v) is 7.97. The van der Waals surface area contributed by atoms with Gasteiger partial charge in [-0.2, -0.15) is 5.10 Å². The van der Waals surface area contributed by atoms with Crippen LogP contribution in [0.4, 0.5) is 0 Å². The minimum atomic E-state index is 0. The van der Waals surface area contributed by atoms with E-state index in [4.69, 9.17) is 4.74 Å². The summed E-state index contributed by atoms with van der Waals surface area (Å²) in [5.74, 6) is 2.60. The molecule has 0 bridgehead atoms. The summed E-state index contributed by atoms with van der Waals surface area (Å²) in [5.41, 5.74) is 2.66. The first-order chi connectivity index (χ1) is 14.5. The second-order valence-electron chi connectivity index (χ2n) is 7.97. The topological polar surface area (TPSA) is 79.6 Å². The Morgan fingerprint density at radius 1 is 1.32 bits per heavy atom. The number of ether oxygens (including phenoxy) is 1. The highest BCUT2D eigenvalue weighted by Crippen LogP contribution is 2.18. The zero-order valence-electron chi connectivity index (χ0n) is 19.3. The van der Waals surface area contributed by atoms with Crippen molar-refractivity contribution in [3.63, 3.8) is 0 Å². The van der Waals surface area contributed by atoms with E-state index < -0.39 is 0 Å². The molecule has 0 aliphatic carbocycles. The molecule has 172 valence electrons. The van der Waals surface area contributed by atoms with Gasteiger partial charge in [0.1, 0.15) is 12.4 Å². The van der Waals surface area contributed by atoms with Gasteiger partial charge in [0.25, 0.3) is 0 Å². The number of nitrogens with zero attached hydrogens (tertiary/aromatic N) is 5. The van der Waals surface area contributed by atoms with Crippen LogP contribution in [0.2, 0.25) is 0 Å². The van der Waals surface area contributed by atoms with Gasteiger partial charge in [0.05, 0.1) is 12.6 Å². The minimum Gasteiger partial charge on any atom is -0.377 e. The maximum absolute atomic E-state index is 5.15. The highest BCUT2D eigenvalue weighted by Gasteiger charge is 2.23. The molecule has 0 saturated heterocycles. The van der Waals surface area contributed by atoms with Crippen molar-refractivity contribution in [2.75, 3.05) is 34.8 Å². The van der Waals surface area contributed by atoms with Crippen LogP contribution in [-0.4, -0.2) is 66.5 Å². The lowest BCUT2D eigenvalue weighted by Gasteiger charge is -2.28. The summed E-state index contributed by atoms with van der Waals surface area (Å²) in [7, 11) is 7.71. The molecule has 0 saturated carbocycles. The van der Waals surface area contributed by atoms with Gasteiger partial charge in [-0.25, -0.2) is 9.67 Å². The van der Waals surface area contributed by atoms with Crippen molar-refractivity contribution in [2.45, 2.75) is 51.4 Å². The molecule has 9 heteroatoms. The van der Waals surface area contributed by atoms with Gasteiger partial charge < -0.3 is 20.3 Å². The number of benzene rings is 1. The van der Waals surface area contributed by atoms with Gasteiger partial charge in [0.2, 0.25) is 0 Å². The predicted octanol–water partition coefficient (Wildman–Crippen LogP) is 2.39. The molecule has 2 heterocycles. The molecule has 1 aliphatic rings. The van der Waals surface area contributed by atoms with E-state index in [2.05, 4.69) is 75.9 Å². The molecular weight excluding hydrogens is 505 g/mol. The van der Waals surface area contributed by atoms with E-state index in [1.54, 1.807) is 7.11 Å². The van der Waals surface area contributed by atoms with E-state index in [1.165, 1.54) is 11.1 Å². The van der Waals surface area contributed by atoms with E-state index in [-0.39, 0.29) is 36.1 Å². The molecule has 0 spiro atoms. The third-order valence-corrected chi connectivity index (χ3v) is 5.60. The summed E-state index contributed by atoms with van der Waals surface area (Å²) < 4.78 is 7.14. The molecule has 2 atom stereocenters. The molecule has 3 rings (SSSR count). The zero-order valence-corrected chi connectivity index (χ0v) is 21.6. The van der Waals surface area contributed by atoms with Crippen LogP contribution in [0.15, 0.2) is 29.3 Å². The normalized spacial score (nSPS) is 17.1. The van der Waals surface area contributed by atoms with Crippen molar-refractivity contribution in [3.05, 3.63) is 47.0 Å². The third kappa shape index (κ3) is 6.88. The average Bonchev–Trinajstić information content (AvgIpc) is 3.15. The van der Waals surface area contributed by atoms with Crippen LogP contribution >= 0.6 is 24.0 Å². The second kappa shape index (κ2) is 12.4. The molecule has 2 unspecified atom stereocenters. The van der Waals surface area contributed by atoms with E-state index in [9.17, 15) is 0 Å². The van der Waals surface area contributed by atoms with E-state index >= 15 is 0 Å². The summed E-state index contributed by atoms with van der Waals surface area (Å²) in [4.78, 5) is 11.2. The smallest absolute Gasteiger partial charge is 0.191 e. The maximum atomic E-state index is 5.15. The summed E-state index contributed by atoms with van der Waals surface area (Å²) >= 11 is 0. The van der Waals surface area contributed by atoms with Crippen LogP contribution in [0, 0.1) is 0 Å². The number of methoxy groups -OCH3 is 1. The van der Waals surface area contributed by atoms with Gasteiger partial charge in [-0.15, -0.1) is 24.0 Å². The predicted molar refractivity (Wildman–Crippen MR) is 135 cm³/mol. The molecule has 8 nitrogen and oxygen atoms in total. The summed E-state index contributed by atoms with van der Waals surface area (Å²) in [6, 6.07) is 9.42. The van der Waals surface area contributed by atoms with Crippen molar-refractivity contribution in [3.8, 4) is 0 Å². The van der Waals surface area contributed by atoms with Gasteiger partial charge in [0, 0.05) is 33.2 Å². The first kappa shape index (κ1) is 25.5. The van der Waals surface area contributed by atoms with Crippen molar-refractivity contribution in [2.24, 2.45) is 4.99 Å². The number of guanidine groups is 1. The standard InChI is InChI=1S/C22H35N7O.HI/c1-6-16-7-9-17(10-8-16)19(28(3)4)13-24-22(23-2)25-18-11-12-21-26-20(15-30-5)27-29(21)14-18;/h7-10,18-19H,6,11-15H2,1-5H3,(H2,23,24,25);1H. The van der Waals surface area contributed by atoms with E-state index in [0.29, 0.717) is 6.61 Å². The summed E-state index contributed by atoms with van der Waals surface area (Å²) in [5, 5.41) is 11.6. The fraction of sp³-hybridized carbons (Fsp3) is 0.591. The molecule has 0 fully saturated rings. The van der Waals surface area contributed by atoms with Crippen LogP contribution in [0.1, 0.15) is 42.2 Å². The van der Waals surface area contributed by atoms with Crippen molar-refractivity contribution >= 4 is 29.9 Å². The Morgan fingerprint density at radius 3 is 2.68 bits per heavy atom. The van der Waals surface area contributed by atoms with Crippen LogP contribution in [-0.2, 0) is 30.7 Å². The van der Waals surface area contributed by atoms with E-state index in [1.807, 2.05) is 11.7 Å². The number of likely N-dealkylation sites (N-methyl/N-ethyl adjacent to an activating group) is 1. The Bertz CT molecular complexity index is 835. The number of hydrogen-bond donors (Lipinski definition) is 2. The van der Waals surface area contributed by atoms with Crippen LogP contribution in [0.25, 0.3) is 0 Å². The third-order valence-electron chi connectivity index (χ3n) is 5.60. The Kier molecular flexibility index (Phi) is 10.2. The number of hydrogen-bond acceptors (Lipinski definition) is 5. The molecule has 0 amide bonds. The van der Waals surface area contributed by atoms with Crippen LogP contribution in [0.5, 0.6) is 0 Å². The summed E-state index contributed by atoms with van der Waals surface area (Å²) in [6.45, 7) is 4.19. The molecule has 31 heavy (non-hydrogen) atoms. The number of halogens is 1. The molecule has 0 radical (unpaired) electrons. The minimum absolute atomic E-state index is 0. The quantitative estimate of drug-likeness (QED) is 0.304. The van der Waals surface area contributed by atoms with Gasteiger partial charge in [0.15, 0.2) is 11.8 Å². The highest BCUT2D eigenvalue weighted by atomic mass is 127. The first-order valence-electron chi connectivity index (χ1n) is 10.7. The van der Waals surface area contributed by atoms with E-state index in [0.717, 1.165) is 50.0 Å². The average molecular weight is 541 g/mol. The number of nitrogens with one attached hydrogen (secondary N) is 2. The SMILES string of the molecule is CCc1ccc(C(CNC(=NC)NC2CCc3nc(COC)nn3C2)N(C)C)cc1.I. The number of rotatable bonds is 8. The van der Waals surface area contributed by atoms with Gasteiger partial charge in [-0.05, 0) is 38.1 Å². The number of aromatic nitrogens is 3. The fourth-order valence-electron chi connectivity index (χ4n) is 3.82. The van der Waals surface area contributed by atoms with Gasteiger partial charge in [-0.3, -0.25) is 4.99 Å². The number of fused-ring (bicyclic) bond motifs is 1. The maximum Gasteiger partial charge on any atom is 0.191 e. The van der Waals surface area contributed by atoms with Crippen molar-refractivity contribution in [1.82, 2.24) is 30.3 Å². The monoisotopic (exact) mass is 541 g/mol. The fourth-order valence-corrected chi connectivity index (χ4v) is 3.82. The summed E-state index contributed by atoms with van der Waals surface area (Å²) in [6.07, 6.45) is 2.96. The van der Waals surface area contributed by atoms with Crippen molar-refractivity contribution < 1.29 is 4.74 Å². The van der Waals surface area contributed by atoms with Crippen molar-refractivity contribution in [1.29, 1.82) is 0 Å². The lowest BCUT2D eigenvalue weighted by atomic mass is 10.0. The van der Waals surface area contributed by atoms with Gasteiger partial charge >= 0.3 is 0 Å². The Balaban J connectivity index is 0.00000341. The molecule has 1 aromatic heterocycles. The van der Waals surface area contributed by atoms with Crippen LogP contribution < -0.4 is 10.6 Å². The highest BCUT2D eigenvalue weighted by molar-refractivity contribution is 14.0. The van der Waals surface area contributed by atoms with Gasteiger partial charge in [-0.1, -0.05) is 31.2 Å². The molecule has 1 aromatic carbocycles. The number of aryl methyl sites for hydroxylation is 2. The molecule has 2 aromatic rings. The molecule has 2 N–H and O–H groups in total. The Hall–Kier alpha value is -1.72. The largest absolute Gasteiger partial charge is 0.377 e. The lowest BCUT2D eigenvalue weighted by molar-refractivity contribution is 0.177. The Morgan fingerprint density at radius 2 is 2.06 bits per heavy atom. The Labute approximate surface area is 202 Å². The first-order valence-corrected chi connectivity index (χ1v) is 10.7. The number of aliphatic imine (C=N–C) groups is 1. The lowest BCUT2D eigenvalue weighted by Crippen LogP contribution is -2.48. The van der Waals surface area contributed by atoms with Crippen LogP contribution in [0.3, 0.4) is 0 Å². The molecular formula is C22H36IN7O.